The van der Waals surface area contributed by atoms with Crippen molar-refractivity contribution in [2.24, 2.45) is 0 Å². The summed E-state index contributed by atoms with van der Waals surface area (Å²) in [6.45, 7) is 2.13. The first-order valence-electron chi connectivity index (χ1n) is 9.85. The van der Waals surface area contributed by atoms with E-state index in [1.807, 2.05) is 7.05 Å². The van der Waals surface area contributed by atoms with Crippen LogP contribution in [0.2, 0.25) is 0 Å². The zero-order chi connectivity index (χ0) is 23.5. The third kappa shape index (κ3) is 6.84. The molecule has 0 unspecified atom stereocenters. The number of anilines is 1. The van der Waals surface area contributed by atoms with Gasteiger partial charge < -0.3 is 16.0 Å². The van der Waals surface area contributed by atoms with E-state index in [4.69, 9.17) is 5.73 Å². The van der Waals surface area contributed by atoms with Gasteiger partial charge in [-0.05, 0) is 19.2 Å². The highest BCUT2D eigenvalue weighted by Gasteiger charge is 2.27. The molecule has 1 aliphatic rings. The van der Waals surface area contributed by atoms with Gasteiger partial charge in [0.25, 0.3) is 5.91 Å². The number of carbonyl (C=O) groups excluding carboxylic acids is 1. The third-order valence-corrected chi connectivity index (χ3v) is 7.88. The molecule has 2 aromatic rings. The van der Waals surface area contributed by atoms with Gasteiger partial charge in [0.15, 0.2) is 11.5 Å². The number of likely N-dealkylation sites (N-methyl/N-ethyl adjacent to an activating group) is 1. The van der Waals surface area contributed by atoms with Crippen molar-refractivity contribution in [3.63, 3.8) is 0 Å². The van der Waals surface area contributed by atoms with Crippen LogP contribution in [-0.4, -0.2) is 93.7 Å². The molecule has 1 amide bonds. The second-order valence-corrected chi connectivity index (χ2v) is 11.8. The second-order valence-electron chi connectivity index (χ2n) is 7.61. The van der Waals surface area contributed by atoms with Crippen molar-refractivity contribution in [3.05, 3.63) is 36.2 Å². The number of amides is 1. The Labute approximate surface area is 199 Å². The molecule has 11 nitrogen and oxygen atoms in total. The summed E-state index contributed by atoms with van der Waals surface area (Å²) >= 11 is 0. The van der Waals surface area contributed by atoms with Crippen molar-refractivity contribution < 1.29 is 21.6 Å². The van der Waals surface area contributed by atoms with Crippen LogP contribution >= 0.6 is 12.4 Å². The summed E-state index contributed by atoms with van der Waals surface area (Å²) in [5.41, 5.74) is 6.51. The van der Waals surface area contributed by atoms with Gasteiger partial charge in [-0.3, -0.25) is 4.79 Å². The number of sulfone groups is 1. The first-order chi connectivity index (χ1) is 15.0. The number of halogens is 1. The summed E-state index contributed by atoms with van der Waals surface area (Å²) in [6, 6.07) is 6.17. The number of piperazine rings is 1. The lowest BCUT2D eigenvalue weighted by Gasteiger charge is -2.31. The third-order valence-electron chi connectivity index (χ3n) is 5.02. The number of hydrogen-bond donors (Lipinski definition) is 2. The Hall–Kier alpha value is -2.32. The van der Waals surface area contributed by atoms with Gasteiger partial charge in [-0.25, -0.2) is 26.8 Å². The minimum Gasteiger partial charge on any atom is -0.382 e. The number of nitrogens with two attached hydrogens (primary N) is 1. The van der Waals surface area contributed by atoms with E-state index in [9.17, 15) is 21.6 Å². The van der Waals surface area contributed by atoms with Crippen LogP contribution < -0.4 is 11.1 Å². The number of nitrogen functional groups attached to an aromatic ring is 1. The number of sulfonamides is 1. The summed E-state index contributed by atoms with van der Waals surface area (Å²) in [5.74, 6) is -0.954. The molecule has 0 saturated carbocycles. The normalized spacial score (nSPS) is 15.6. The highest BCUT2D eigenvalue weighted by molar-refractivity contribution is 7.90. The van der Waals surface area contributed by atoms with Crippen LogP contribution in [0.1, 0.15) is 10.5 Å². The fraction of sp³-hybridized carbons (Fsp3) is 0.421. The molecule has 2 heterocycles. The number of benzene rings is 1. The number of carbonyl (C=O) groups is 1. The maximum atomic E-state index is 12.9. The summed E-state index contributed by atoms with van der Waals surface area (Å²) in [7, 11) is -4.87. The molecule has 3 rings (SSSR count). The molecule has 0 radical (unpaired) electrons. The highest BCUT2D eigenvalue weighted by atomic mass is 35.5. The van der Waals surface area contributed by atoms with Gasteiger partial charge in [0.2, 0.25) is 10.0 Å². The molecule has 33 heavy (non-hydrogen) atoms. The van der Waals surface area contributed by atoms with Gasteiger partial charge >= 0.3 is 0 Å². The molecule has 1 aromatic heterocycles. The topological polar surface area (TPSA) is 156 Å². The van der Waals surface area contributed by atoms with Crippen molar-refractivity contribution >= 4 is 44.0 Å². The molecule has 0 atom stereocenters. The van der Waals surface area contributed by atoms with Gasteiger partial charge in [0.05, 0.1) is 22.5 Å². The Balaban J connectivity index is 0.00000385. The Morgan fingerprint density at radius 1 is 1.09 bits per heavy atom. The molecule has 14 heteroatoms. The fourth-order valence-corrected chi connectivity index (χ4v) is 5.01. The van der Waals surface area contributed by atoms with Crippen molar-refractivity contribution in [1.82, 2.24) is 24.5 Å². The van der Waals surface area contributed by atoms with E-state index in [-0.39, 0.29) is 41.1 Å². The molecule has 3 N–H and O–H groups in total. The van der Waals surface area contributed by atoms with Crippen molar-refractivity contribution in [2.75, 3.05) is 57.5 Å². The Kier molecular flexibility index (Phi) is 8.76. The lowest BCUT2D eigenvalue weighted by atomic mass is 10.1. The smallest absolute Gasteiger partial charge is 0.273 e. The minimum atomic E-state index is -3.60. The van der Waals surface area contributed by atoms with Gasteiger partial charge in [-0.1, -0.05) is 12.1 Å². The van der Waals surface area contributed by atoms with E-state index in [0.29, 0.717) is 37.4 Å². The Morgan fingerprint density at radius 3 is 2.27 bits per heavy atom. The molecular weight excluding hydrogens is 492 g/mol. The van der Waals surface area contributed by atoms with Crippen molar-refractivity contribution in [3.8, 4) is 11.3 Å². The number of nitrogens with zero attached hydrogens (tertiary/aromatic N) is 4. The van der Waals surface area contributed by atoms with Gasteiger partial charge in [0, 0.05) is 44.5 Å². The largest absolute Gasteiger partial charge is 0.382 e. The summed E-state index contributed by atoms with van der Waals surface area (Å²) in [5, 5.41) is 2.45. The predicted molar refractivity (Wildman–Crippen MR) is 127 cm³/mol. The average molecular weight is 519 g/mol. The van der Waals surface area contributed by atoms with E-state index in [2.05, 4.69) is 20.2 Å². The molecule has 182 valence electrons. The quantitative estimate of drug-likeness (QED) is 0.509. The maximum absolute atomic E-state index is 12.9. The summed E-state index contributed by atoms with van der Waals surface area (Å²) in [6.07, 6.45) is 2.45. The zero-order valence-electron chi connectivity index (χ0n) is 18.3. The van der Waals surface area contributed by atoms with Crippen LogP contribution in [-0.2, 0) is 19.9 Å². The molecule has 0 bridgehead atoms. The molecule has 1 fully saturated rings. The number of aromatic nitrogens is 2. The minimum absolute atomic E-state index is 0. The second kappa shape index (κ2) is 10.7. The molecular formula is C19H27ClN6O5S2. The van der Waals surface area contributed by atoms with Crippen LogP contribution in [0.25, 0.3) is 11.3 Å². The highest BCUT2D eigenvalue weighted by Crippen LogP contribution is 2.23. The molecule has 0 spiro atoms. The average Bonchev–Trinajstić information content (AvgIpc) is 2.73. The van der Waals surface area contributed by atoms with E-state index < -0.39 is 25.8 Å². The first kappa shape index (κ1) is 26.9. The molecule has 1 saturated heterocycles. The number of nitrogens with one attached hydrogen (secondary N) is 1. The lowest BCUT2D eigenvalue weighted by molar-refractivity contribution is 0.0952. The van der Waals surface area contributed by atoms with E-state index in [0.717, 1.165) is 6.26 Å². The van der Waals surface area contributed by atoms with Crippen LogP contribution in [0, 0.1) is 0 Å². The fourth-order valence-electron chi connectivity index (χ4n) is 3.11. The van der Waals surface area contributed by atoms with Crippen LogP contribution in [0.4, 0.5) is 5.82 Å². The van der Waals surface area contributed by atoms with E-state index in [1.54, 1.807) is 12.1 Å². The van der Waals surface area contributed by atoms with Gasteiger partial charge in [-0.2, -0.15) is 4.31 Å². The predicted octanol–water partition coefficient (Wildman–Crippen LogP) is -0.142. The van der Waals surface area contributed by atoms with Crippen molar-refractivity contribution in [1.29, 1.82) is 0 Å². The summed E-state index contributed by atoms with van der Waals surface area (Å²) in [4.78, 5) is 22.8. The Bertz CT molecular complexity index is 1200. The zero-order valence-corrected chi connectivity index (χ0v) is 20.7. The molecule has 0 aliphatic carbocycles. The van der Waals surface area contributed by atoms with Crippen LogP contribution in [0.3, 0.4) is 0 Å². The maximum Gasteiger partial charge on any atom is 0.273 e. The summed E-state index contributed by atoms with van der Waals surface area (Å²) < 4.78 is 49.6. The monoisotopic (exact) mass is 518 g/mol. The Morgan fingerprint density at radius 2 is 1.70 bits per heavy atom. The molecule has 1 aromatic carbocycles. The van der Waals surface area contributed by atoms with Crippen LogP contribution in [0.5, 0.6) is 0 Å². The number of rotatable bonds is 7. The van der Waals surface area contributed by atoms with E-state index >= 15 is 0 Å². The van der Waals surface area contributed by atoms with E-state index in [1.165, 1.54) is 22.6 Å². The van der Waals surface area contributed by atoms with Gasteiger partial charge in [0.1, 0.15) is 9.84 Å². The standard InChI is InChI=1S/C19H26N6O5S2.ClH/c1-24-8-10-25(11-9-24)32(29,30)15-5-3-14(4-6-15)16-13-22-18(20)17(23-16)19(26)21-7-12-31(2,27)28;/h3-6,13H,7-12H2,1-2H3,(H2,20,22)(H,21,26);1H. The first-order valence-corrected chi connectivity index (χ1v) is 13.3. The molecule has 1 aliphatic heterocycles. The van der Waals surface area contributed by atoms with Crippen LogP contribution in [0.15, 0.2) is 35.4 Å². The number of hydrogen-bond acceptors (Lipinski definition) is 9. The SMILES string of the molecule is CN1CCN(S(=O)(=O)c2ccc(-c3cnc(N)c(C(=O)NCCS(C)(=O)=O)n3)cc2)CC1.Cl. The lowest BCUT2D eigenvalue weighted by Crippen LogP contribution is -2.46. The van der Waals surface area contributed by atoms with Crippen molar-refractivity contribution in [2.45, 2.75) is 4.90 Å². The van der Waals surface area contributed by atoms with Gasteiger partial charge in [-0.15, -0.1) is 12.4 Å².